The summed E-state index contributed by atoms with van der Waals surface area (Å²) in [6, 6.07) is 0. The van der Waals surface area contributed by atoms with Crippen LogP contribution in [-0.2, 0) is 14.4 Å². The molecule has 0 bridgehead atoms. The van der Waals surface area contributed by atoms with Gasteiger partial charge in [0.2, 0.25) is 5.78 Å². The topological polar surface area (TPSA) is 51.2 Å². The van der Waals surface area contributed by atoms with Gasteiger partial charge in [0.05, 0.1) is 0 Å². The predicted octanol–water partition coefficient (Wildman–Crippen LogP) is 1.00. The molecule has 0 aliphatic carbocycles. The molecule has 0 rings (SSSR count). The fourth-order valence-electron chi connectivity index (χ4n) is 0.909. The van der Waals surface area contributed by atoms with Crippen molar-refractivity contribution in [3.05, 3.63) is 0 Å². The lowest BCUT2D eigenvalue weighted by atomic mass is 9.92. The number of carbonyl (C=O) groups is 3. The van der Waals surface area contributed by atoms with Gasteiger partial charge in [0.1, 0.15) is 17.5 Å². The molecule has 0 aromatic carbocycles. The van der Waals surface area contributed by atoms with E-state index in [9.17, 15) is 23.2 Å². The van der Waals surface area contributed by atoms with Crippen LogP contribution >= 0.6 is 0 Å². The SMILES string of the molecule is CC(=O)C(C(C)=O)C(=O)C(C)(F)F. The van der Waals surface area contributed by atoms with Crippen LogP contribution < -0.4 is 0 Å². The average molecular weight is 192 g/mol. The molecule has 13 heavy (non-hydrogen) atoms. The van der Waals surface area contributed by atoms with Crippen LogP contribution in [-0.4, -0.2) is 23.3 Å². The first-order chi connectivity index (χ1) is 5.68. The summed E-state index contributed by atoms with van der Waals surface area (Å²) < 4.78 is 24.9. The van der Waals surface area contributed by atoms with Crippen LogP contribution in [0, 0.1) is 5.92 Å². The molecule has 0 heterocycles. The molecule has 0 aliphatic rings. The van der Waals surface area contributed by atoms with Gasteiger partial charge in [-0.3, -0.25) is 14.4 Å². The van der Waals surface area contributed by atoms with Gasteiger partial charge < -0.3 is 0 Å². The van der Waals surface area contributed by atoms with Crippen molar-refractivity contribution in [2.45, 2.75) is 26.7 Å². The van der Waals surface area contributed by atoms with E-state index in [1.54, 1.807) is 0 Å². The van der Waals surface area contributed by atoms with Crippen LogP contribution in [0.1, 0.15) is 20.8 Å². The minimum Gasteiger partial charge on any atom is -0.299 e. The van der Waals surface area contributed by atoms with Crippen molar-refractivity contribution >= 4 is 17.3 Å². The number of alkyl halides is 2. The molecule has 0 fully saturated rings. The molecule has 0 aromatic heterocycles. The Hall–Kier alpha value is -1.13. The maximum absolute atomic E-state index is 12.4. The second-order valence-electron chi connectivity index (χ2n) is 2.91. The van der Waals surface area contributed by atoms with Crippen LogP contribution in [0.3, 0.4) is 0 Å². The fraction of sp³-hybridized carbons (Fsp3) is 0.625. The third-order valence-corrected chi connectivity index (χ3v) is 1.51. The number of rotatable bonds is 4. The molecule has 0 unspecified atom stereocenters. The van der Waals surface area contributed by atoms with E-state index in [1.165, 1.54) is 0 Å². The second-order valence-corrected chi connectivity index (χ2v) is 2.91. The standard InChI is InChI=1S/C8H10F2O3/c1-4(11)6(5(2)12)7(13)8(3,9)10/h6H,1-3H3. The van der Waals surface area contributed by atoms with E-state index in [0.717, 1.165) is 13.8 Å². The Labute approximate surface area is 74.1 Å². The number of ketones is 3. The highest BCUT2D eigenvalue weighted by Gasteiger charge is 2.42. The highest BCUT2D eigenvalue weighted by atomic mass is 19.3. The Kier molecular flexibility index (Phi) is 3.40. The Bertz CT molecular complexity index is 239. The first-order valence-electron chi connectivity index (χ1n) is 3.61. The fourth-order valence-corrected chi connectivity index (χ4v) is 0.909. The van der Waals surface area contributed by atoms with Crippen molar-refractivity contribution < 1.29 is 23.2 Å². The summed E-state index contributed by atoms with van der Waals surface area (Å²) in [4.78, 5) is 32.3. The summed E-state index contributed by atoms with van der Waals surface area (Å²) in [5.74, 6) is -8.78. The molecule has 0 spiro atoms. The lowest BCUT2D eigenvalue weighted by molar-refractivity contribution is -0.151. The Balaban J connectivity index is 4.89. The first kappa shape index (κ1) is 11.9. The van der Waals surface area contributed by atoms with Crippen molar-refractivity contribution in [2.75, 3.05) is 0 Å². The number of carbonyl (C=O) groups excluding carboxylic acids is 3. The summed E-state index contributed by atoms with van der Waals surface area (Å²) >= 11 is 0. The van der Waals surface area contributed by atoms with E-state index >= 15 is 0 Å². The summed E-state index contributed by atoms with van der Waals surface area (Å²) in [5, 5.41) is 0. The zero-order valence-electron chi connectivity index (χ0n) is 7.56. The Morgan fingerprint density at radius 2 is 1.38 bits per heavy atom. The van der Waals surface area contributed by atoms with Crippen molar-refractivity contribution in [2.24, 2.45) is 5.92 Å². The van der Waals surface area contributed by atoms with E-state index in [4.69, 9.17) is 0 Å². The van der Waals surface area contributed by atoms with Gasteiger partial charge in [0.25, 0.3) is 0 Å². The van der Waals surface area contributed by atoms with Crippen molar-refractivity contribution in [3.8, 4) is 0 Å². The molecule has 0 saturated carbocycles. The van der Waals surface area contributed by atoms with Gasteiger partial charge in [-0.05, 0) is 13.8 Å². The molecule has 5 heteroatoms. The largest absolute Gasteiger partial charge is 0.303 e. The molecule has 0 aliphatic heterocycles. The summed E-state index contributed by atoms with van der Waals surface area (Å²) in [6.07, 6.45) is 0. The molecule has 0 radical (unpaired) electrons. The number of Topliss-reactive ketones (excluding diaryl/α,β-unsaturated/α-hetero) is 3. The van der Waals surface area contributed by atoms with Crippen LogP contribution in [0.4, 0.5) is 8.78 Å². The molecule has 0 aromatic rings. The second kappa shape index (κ2) is 3.72. The third-order valence-electron chi connectivity index (χ3n) is 1.51. The minimum absolute atomic E-state index is 0.369. The van der Waals surface area contributed by atoms with Gasteiger partial charge in [0.15, 0.2) is 0 Å². The van der Waals surface area contributed by atoms with Gasteiger partial charge in [-0.1, -0.05) is 0 Å². The average Bonchev–Trinajstić information content (AvgIpc) is 1.82. The monoisotopic (exact) mass is 192 g/mol. The maximum Gasteiger partial charge on any atom is 0.303 e. The van der Waals surface area contributed by atoms with E-state index in [-0.39, 0.29) is 0 Å². The summed E-state index contributed by atoms with van der Waals surface area (Å²) in [6.45, 7) is 2.25. The molecule has 3 nitrogen and oxygen atoms in total. The quantitative estimate of drug-likeness (QED) is 0.624. The zero-order chi connectivity index (χ0) is 10.8. The Morgan fingerprint density at radius 1 is 1.08 bits per heavy atom. The number of halogens is 2. The third kappa shape index (κ3) is 3.01. The van der Waals surface area contributed by atoms with Crippen LogP contribution in [0.15, 0.2) is 0 Å². The number of hydrogen-bond donors (Lipinski definition) is 0. The summed E-state index contributed by atoms with van der Waals surface area (Å²) in [5.41, 5.74) is 0. The molecule has 0 saturated heterocycles. The van der Waals surface area contributed by atoms with E-state index in [0.29, 0.717) is 6.92 Å². The van der Waals surface area contributed by atoms with Gasteiger partial charge in [-0.25, -0.2) is 0 Å². The van der Waals surface area contributed by atoms with Gasteiger partial charge >= 0.3 is 5.92 Å². The van der Waals surface area contributed by atoms with E-state index in [1.807, 2.05) is 0 Å². The van der Waals surface area contributed by atoms with E-state index < -0.39 is 29.2 Å². The van der Waals surface area contributed by atoms with Gasteiger partial charge in [-0.2, -0.15) is 8.78 Å². The molecule has 0 amide bonds. The Morgan fingerprint density at radius 3 is 1.46 bits per heavy atom. The zero-order valence-corrected chi connectivity index (χ0v) is 7.56. The van der Waals surface area contributed by atoms with Gasteiger partial charge in [-0.15, -0.1) is 0 Å². The molecule has 0 atom stereocenters. The van der Waals surface area contributed by atoms with Crippen LogP contribution in [0.5, 0.6) is 0 Å². The first-order valence-corrected chi connectivity index (χ1v) is 3.61. The normalized spacial score (nSPS) is 11.5. The van der Waals surface area contributed by atoms with Crippen molar-refractivity contribution in [1.82, 2.24) is 0 Å². The molecule has 74 valence electrons. The lowest BCUT2D eigenvalue weighted by Gasteiger charge is -2.13. The lowest BCUT2D eigenvalue weighted by Crippen LogP contribution is -2.39. The predicted molar refractivity (Wildman–Crippen MR) is 40.5 cm³/mol. The highest BCUT2D eigenvalue weighted by Crippen LogP contribution is 2.19. The highest BCUT2D eigenvalue weighted by molar-refractivity contribution is 6.19. The molecular weight excluding hydrogens is 182 g/mol. The van der Waals surface area contributed by atoms with Crippen molar-refractivity contribution in [3.63, 3.8) is 0 Å². The number of hydrogen-bond acceptors (Lipinski definition) is 3. The maximum atomic E-state index is 12.4. The smallest absolute Gasteiger partial charge is 0.299 e. The van der Waals surface area contributed by atoms with Crippen molar-refractivity contribution in [1.29, 1.82) is 0 Å². The summed E-state index contributed by atoms with van der Waals surface area (Å²) in [7, 11) is 0. The van der Waals surface area contributed by atoms with Gasteiger partial charge in [0, 0.05) is 6.92 Å². The minimum atomic E-state index is -3.64. The molecular formula is C8H10F2O3. The molecule has 0 N–H and O–H groups in total. The van der Waals surface area contributed by atoms with Crippen LogP contribution in [0.25, 0.3) is 0 Å². The van der Waals surface area contributed by atoms with Crippen LogP contribution in [0.2, 0.25) is 0 Å². The van der Waals surface area contributed by atoms with E-state index in [2.05, 4.69) is 0 Å².